The fourth-order valence-electron chi connectivity index (χ4n) is 2.80. The summed E-state index contributed by atoms with van der Waals surface area (Å²) in [5, 5.41) is 10.3. The molecule has 15 heavy (non-hydrogen) atoms. The molecule has 0 radical (unpaired) electrons. The van der Waals surface area contributed by atoms with Crippen molar-refractivity contribution in [1.82, 2.24) is 4.90 Å². The number of nitrogens with zero attached hydrogens (tertiary/aromatic N) is 1. The molecule has 0 aromatic carbocycles. The molecule has 2 fully saturated rings. The lowest BCUT2D eigenvalue weighted by Crippen LogP contribution is -2.48. The Morgan fingerprint density at radius 1 is 1.27 bits per heavy atom. The lowest BCUT2D eigenvalue weighted by Gasteiger charge is -2.37. The predicted octanol–water partition coefficient (Wildman–Crippen LogP) is 1.26. The van der Waals surface area contributed by atoms with Gasteiger partial charge in [-0.15, -0.1) is 0 Å². The van der Waals surface area contributed by atoms with Gasteiger partial charge in [0.15, 0.2) is 0 Å². The Morgan fingerprint density at radius 2 is 2.00 bits per heavy atom. The lowest BCUT2D eigenvalue weighted by atomic mass is 9.83. The van der Waals surface area contributed by atoms with E-state index in [1.807, 2.05) is 0 Å². The molecule has 0 aromatic rings. The summed E-state index contributed by atoms with van der Waals surface area (Å²) < 4.78 is 5.67. The molecule has 0 spiro atoms. The SMILES string of the molecule is CN1CCOC(C(O)C2CCCCC2)C1. The van der Waals surface area contributed by atoms with Crippen LogP contribution in [0.15, 0.2) is 0 Å². The zero-order valence-corrected chi connectivity index (χ0v) is 9.69. The van der Waals surface area contributed by atoms with Gasteiger partial charge < -0.3 is 14.7 Å². The van der Waals surface area contributed by atoms with Crippen molar-refractivity contribution < 1.29 is 9.84 Å². The number of aliphatic hydroxyl groups is 1. The van der Waals surface area contributed by atoms with Crippen LogP contribution in [0.3, 0.4) is 0 Å². The van der Waals surface area contributed by atoms with Crippen molar-refractivity contribution in [3.8, 4) is 0 Å². The van der Waals surface area contributed by atoms with Crippen molar-refractivity contribution in [3.05, 3.63) is 0 Å². The van der Waals surface area contributed by atoms with Crippen molar-refractivity contribution >= 4 is 0 Å². The number of likely N-dealkylation sites (N-methyl/N-ethyl adjacent to an activating group) is 1. The summed E-state index contributed by atoms with van der Waals surface area (Å²) in [6, 6.07) is 0. The third kappa shape index (κ3) is 2.92. The zero-order valence-electron chi connectivity index (χ0n) is 9.69. The van der Waals surface area contributed by atoms with Crippen LogP contribution < -0.4 is 0 Å². The molecule has 1 aliphatic carbocycles. The molecule has 1 heterocycles. The van der Waals surface area contributed by atoms with E-state index >= 15 is 0 Å². The number of aliphatic hydroxyl groups excluding tert-OH is 1. The second-order valence-electron chi connectivity index (χ2n) is 5.06. The van der Waals surface area contributed by atoms with E-state index in [-0.39, 0.29) is 12.2 Å². The van der Waals surface area contributed by atoms with Gasteiger partial charge in [-0.2, -0.15) is 0 Å². The highest BCUT2D eigenvalue weighted by molar-refractivity contribution is 4.83. The molecule has 1 saturated heterocycles. The highest BCUT2D eigenvalue weighted by Gasteiger charge is 2.31. The number of morpholine rings is 1. The van der Waals surface area contributed by atoms with E-state index in [4.69, 9.17) is 4.74 Å². The number of hydrogen-bond acceptors (Lipinski definition) is 3. The highest BCUT2D eigenvalue weighted by atomic mass is 16.5. The maximum atomic E-state index is 10.3. The van der Waals surface area contributed by atoms with E-state index in [2.05, 4.69) is 11.9 Å². The summed E-state index contributed by atoms with van der Waals surface area (Å²) >= 11 is 0. The van der Waals surface area contributed by atoms with Gasteiger partial charge in [-0.1, -0.05) is 19.3 Å². The van der Waals surface area contributed by atoms with Crippen molar-refractivity contribution in [2.45, 2.75) is 44.3 Å². The monoisotopic (exact) mass is 213 g/mol. The van der Waals surface area contributed by atoms with Gasteiger partial charge in [0, 0.05) is 13.1 Å². The van der Waals surface area contributed by atoms with Gasteiger partial charge >= 0.3 is 0 Å². The summed E-state index contributed by atoms with van der Waals surface area (Å²) in [5.74, 6) is 0.482. The van der Waals surface area contributed by atoms with E-state index in [0.29, 0.717) is 5.92 Å². The van der Waals surface area contributed by atoms with Crippen LogP contribution in [0.5, 0.6) is 0 Å². The number of rotatable bonds is 2. The largest absolute Gasteiger partial charge is 0.390 e. The van der Waals surface area contributed by atoms with E-state index in [9.17, 15) is 5.11 Å². The average Bonchev–Trinajstić information content (AvgIpc) is 2.29. The summed E-state index contributed by atoms with van der Waals surface area (Å²) in [5.41, 5.74) is 0. The molecule has 3 nitrogen and oxygen atoms in total. The van der Waals surface area contributed by atoms with Crippen molar-refractivity contribution in [2.24, 2.45) is 5.92 Å². The van der Waals surface area contributed by atoms with Crippen molar-refractivity contribution in [3.63, 3.8) is 0 Å². The van der Waals surface area contributed by atoms with Crippen LogP contribution in [0.2, 0.25) is 0 Å². The van der Waals surface area contributed by atoms with E-state index in [0.717, 1.165) is 19.7 Å². The predicted molar refractivity (Wildman–Crippen MR) is 59.8 cm³/mol. The minimum atomic E-state index is -0.243. The fourth-order valence-corrected chi connectivity index (χ4v) is 2.80. The van der Waals surface area contributed by atoms with Crippen LogP contribution in [-0.2, 0) is 4.74 Å². The first-order valence-corrected chi connectivity index (χ1v) is 6.25. The van der Waals surface area contributed by atoms with E-state index in [1.54, 1.807) is 0 Å². The Hall–Kier alpha value is -0.120. The third-order valence-corrected chi connectivity index (χ3v) is 3.81. The topological polar surface area (TPSA) is 32.7 Å². The molecule has 3 heteroatoms. The Labute approximate surface area is 92.4 Å². The molecule has 2 rings (SSSR count). The molecule has 0 aromatic heterocycles. The Morgan fingerprint density at radius 3 is 2.67 bits per heavy atom. The van der Waals surface area contributed by atoms with Crippen molar-refractivity contribution in [1.29, 1.82) is 0 Å². The van der Waals surface area contributed by atoms with Crippen LogP contribution >= 0.6 is 0 Å². The lowest BCUT2D eigenvalue weighted by molar-refractivity contribution is -0.105. The number of ether oxygens (including phenoxy) is 1. The quantitative estimate of drug-likeness (QED) is 0.749. The minimum Gasteiger partial charge on any atom is -0.390 e. The summed E-state index contributed by atoms with van der Waals surface area (Å²) in [6.45, 7) is 2.65. The second kappa shape index (κ2) is 5.28. The van der Waals surface area contributed by atoms with Crippen LogP contribution in [0.1, 0.15) is 32.1 Å². The molecule has 1 aliphatic heterocycles. The third-order valence-electron chi connectivity index (χ3n) is 3.81. The first-order valence-electron chi connectivity index (χ1n) is 6.25. The van der Waals surface area contributed by atoms with Gasteiger partial charge in [-0.3, -0.25) is 0 Å². The van der Waals surface area contributed by atoms with Crippen LogP contribution in [0.25, 0.3) is 0 Å². The highest BCUT2D eigenvalue weighted by Crippen LogP contribution is 2.29. The zero-order chi connectivity index (χ0) is 10.7. The summed E-state index contributed by atoms with van der Waals surface area (Å²) in [6.07, 6.45) is 6.08. The van der Waals surface area contributed by atoms with Gasteiger partial charge in [0.2, 0.25) is 0 Å². The smallest absolute Gasteiger partial charge is 0.0963 e. The van der Waals surface area contributed by atoms with Crippen molar-refractivity contribution in [2.75, 3.05) is 26.7 Å². The molecule has 88 valence electrons. The molecule has 2 aliphatic rings. The van der Waals surface area contributed by atoms with E-state index < -0.39 is 0 Å². The molecule has 1 N–H and O–H groups in total. The Balaban J connectivity index is 1.85. The normalized spacial score (nSPS) is 32.8. The van der Waals surface area contributed by atoms with Gasteiger partial charge in [0.05, 0.1) is 18.8 Å². The molecular weight excluding hydrogens is 190 g/mol. The first-order chi connectivity index (χ1) is 7.27. The van der Waals surface area contributed by atoms with Gasteiger partial charge in [0.25, 0.3) is 0 Å². The van der Waals surface area contributed by atoms with E-state index in [1.165, 1.54) is 32.1 Å². The second-order valence-corrected chi connectivity index (χ2v) is 5.06. The van der Waals surface area contributed by atoms with Crippen LogP contribution in [0.4, 0.5) is 0 Å². The van der Waals surface area contributed by atoms with Gasteiger partial charge in [-0.05, 0) is 25.8 Å². The molecule has 2 atom stereocenters. The maximum absolute atomic E-state index is 10.3. The number of hydrogen-bond donors (Lipinski definition) is 1. The van der Waals surface area contributed by atoms with Gasteiger partial charge in [-0.25, -0.2) is 0 Å². The van der Waals surface area contributed by atoms with Gasteiger partial charge in [0.1, 0.15) is 0 Å². The summed E-state index contributed by atoms with van der Waals surface area (Å²) in [4.78, 5) is 2.25. The minimum absolute atomic E-state index is 0.0480. The Bertz CT molecular complexity index is 192. The van der Waals surface area contributed by atoms with Crippen LogP contribution in [-0.4, -0.2) is 49.0 Å². The molecular formula is C12H23NO2. The molecule has 1 saturated carbocycles. The molecule has 0 bridgehead atoms. The maximum Gasteiger partial charge on any atom is 0.0963 e. The molecule has 0 amide bonds. The van der Waals surface area contributed by atoms with Crippen LogP contribution in [0, 0.1) is 5.92 Å². The Kier molecular flexibility index (Phi) is 4.00. The molecule has 2 unspecified atom stereocenters. The standard InChI is InChI=1S/C12H23NO2/c1-13-7-8-15-11(9-13)12(14)10-5-3-2-4-6-10/h10-12,14H,2-9H2,1H3. The fraction of sp³-hybridized carbons (Fsp3) is 1.00. The average molecular weight is 213 g/mol. The summed E-state index contributed by atoms with van der Waals surface area (Å²) in [7, 11) is 2.10. The first kappa shape index (κ1) is 11.4.